The molecule has 3 aliphatic rings. The molecule has 9 nitrogen and oxygen atoms in total. The van der Waals surface area contributed by atoms with Crippen molar-refractivity contribution in [1.82, 2.24) is 9.97 Å². The summed E-state index contributed by atoms with van der Waals surface area (Å²) >= 11 is 0.820. The van der Waals surface area contributed by atoms with Gasteiger partial charge in [-0.25, -0.2) is 9.97 Å². The number of carbonyl (C=O) groups is 3. The van der Waals surface area contributed by atoms with Crippen LogP contribution < -0.4 is 9.80 Å². The standard InChI is InChI=1S/C31H33FN4O5S/c32-29-28(24-5-2-1-4-23(24)20-7-10-25(33-18-20)35-13-3-6-26(35)37)34-31(42-29)36(22-8-9-22)30(40)21(17-27(38)39)16-19-11-14-41-15-12-19/h1-2,4-5,7,10,18-19,21-22H,3,6,8-9,11-17H2,(H,38,39). The van der Waals surface area contributed by atoms with Gasteiger partial charge in [-0.1, -0.05) is 35.6 Å². The van der Waals surface area contributed by atoms with Crippen LogP contribution in [0.5, 0.6) is 0 Å². The van der Waals surface area contributed by atoms with Crippen LogP contribution in [-0.2, 0) is 19.1 Å². The number of nitrogens with zero attached hydrogens (tertiary/aromatic N) is 4. The van der Waals surface area contributed by atoms with E-state index >= 15 is 4.39 Å². The third kappa shape index (κ3) is 6.07. The lowest BCUT2D eigenvalue weighted by molar-refractivity contribution is -0.141. The van der Waals surface area contributed by atoms with E-state index in [0.717, 1.165) is 54.6 Å². The number of anilines is 2. The Balaban J connectivity index is 1.29. The van der Waals surface area contributed by atoms with E-state index in [9.17, 15) is 19.5 Å². The van der Waals surface area contributed by atoms with Gasteiger partial charge in [0.05, 0.1) is 6.42 Å². The summed E-state index contributed by atoms with van der Waals surface area (Å²) in [5, 5.41) is 9.35. The fourth-order valence-corrected chi connectivity index (χ4v) is 6.81. The molecule has 1 unspecified atom stereocenters. The number of carboxylic acid groups (broad SMARTS) is 1. The molecule has 2 aromatic heterocycles. The van der Waals surface area contributed by atoms with E-state index in [1.165, 1.54) is 0 Å². The van der Waals surface area contributed by atoms with Gasteiger partial charge in [-0.15, -0.1) is 0 Å². The van der Waals surface area contributed by atoms with Crippen molar-refractivity contribution >= 4 is 40.1 Å². The summed E-state index contributed by atoms with van der Waals surface area (Å²) < 4.78 is 21.1. The molecule has 3 fully saturated rings. The first-order valence-electron chi connectivity index (χ1n) is 14.5. The molecule has 11 heteroatoms. The number of hydrogen-bond donors (Lipinski definition) is 1. The summed E-state index contributed by atoms with van der Waals surface area (Å²) in [4.78, 5) is 50.1. The van der Waals surface area contributed by atoms with Crippen LogP contribution in [0.25, 0.3) is 22.4 Å². The number of halogens is 1. The van der Waals surface area contributed by atoms with Crippen molar-refractivity contribution in [2.75, 3.05) is 29.6 Å². The second kappa shape index (κ2) is 12.3. The first kappa shape index (κ1) is 28.4. The van der Waals surface area contributed by atoms with Gasteiger partial charge in [-0.3, -0.25) is 24.2 Å². The van der Waals surface area contributed by atoms with Crippen LogP contribution in [-0.4, -0.2) is 58.7 Å². The molecule has 1 atom stereocenters. The topological polar surface area (TPSA) is 113 Å². The van der Waals surface area contributed by atoms with Crippen LogP contribution in [0.3, 0.4) is 0 Å². The summed E-state index contributed by atoms with van der Waals surface area (Å²) in [6, 6.07) is 10.9. The molecule has 6 rings (SSSR count). The predicted octanol–water partition coefficient (Wildman–Crippen LogP) is 5.54. The lowest BCUT2D eigenvalue weighted by Crippen LogP contribution is -2.40. The molecular formula is C31H33FN4O5S. The largest absolute Gasteiger partial charge is 0.481 e. The number of ether oxygens (including phenoxy) is 1. The normalized spacial score (nSPS) is 18.3. The van der Waals surface area contributed by atoms with Crippen molar-refractivity contribution in [3.63, 3.8) is 0 Å². The Hall–Kier alpha value is -3.70. The van der Waals surface area contributed by atoms with Crippen LogP contribution in [0, 0.1) is 17.0 Å². The van der Waals surface area contributed by atoms with Gasteiger partial charge in [0.1, 0.15) is 11.5 Å². The predicted molar refractivity (Wildman–Crippen MR) is 157 cm³/mol. The Kier molecular flexibility index (Phi) is 8.30. The molecule has 2 saturated heterocycles. The minimum Gasteiger partial charge on any atom is -0.481 e. The fraction of sp³-hybridized carbons (Fsp3) is 0.452. The summed E-state index contributed by atoms with van der Waals surface area (Å²) in [6.45, 7) is 1.87. The molecular weight excluding hydrogens is 559 g/mol. The number of benzene rings is 1. The van der Waals surface area contributed by atoms with Crippen LogP contribution in [0.2, 0.25) is 0 Å². The highest BCUT2D eigenvalue weighted by molar-refractivity contribution is 7.14. The number of carbonyl (C=O) groups excluding carboxylic acids is 2. The number of rotatable bonds is 10. The number of carboxylic acids is 1. The van der Waals surface area contributed by atoms with Gasteiger partial charge in [0.15, 0.2) is 5.13 Å². The Bertz CT molecular complexity index is 1470. The molecule has 0 spiro atoms. The summed E-state index contributed by atoms with van der Waals surface area (Å²) in [5.74, 6) is -1.16. The van der Waals surface area contributed by atoms with Crippen LogP contribution >= 0.6 is 11.3 Å². The van der Waals surface area contributed by atoms with E-state index in [1.807, 2.05) is 24.3 Å². The molecule has 1 aromatic carbocycles. The summed E-state index contributed by atoms with van der Waals surface area (Å²) in [7, 11) is 0. The van der Waals surface area contributed by atoms with Crippen molar-refractivity contribution in [3.05, 3.63) is 47.7 Å². The Labute approximate surface area is 247 Å². The maximum absolute atomic E-state index is 15.6. The van der Waals surface area contributed by atoms with Gasteiger partial charge in [-0.05, 0) is 62.1 Å². The maximum Gasteiger partial charge on any atom is 0.304 e. The number of pyridine rings is 1. The van der Waals surface area contributed by atoms with Crippen molar-refractivity contribution in [3.8, 4) is 22.4 Å². The van der Waals surface area contributed by atoms with Gasteiger partial charge in [0.25, 0.3) is 0 Å². The fourth-order valence-electron chi connectivity index (χ4n) is 5.92. The van der Waals surface area contributed by atoms with Crippen LogP contribution in [0.1, 0.15) is 51.4 Å². The zero-order valence-electron chi connectivity index (χ0n) is 23.2. The van der Waals surface area contributed by atoms with Crippen LogP contribution in [0.4, 0.5) is 15.3 Å². The van der Waals surface area contributed by atoms with Crippen molar-refractivity contribution in [2.45, 2.75) is 57.4 Å². The lowest BCUT2D eigenvalue weighted by atomic mass is 9.86. The molecule has 0 bridgehead atoms. The number of thiazole rings is 1. The molecule has 1 N–H and O–H groups in total. The first-order valence-corrected chi connectivity index (χ1v) is 15.4. The van der Waals surface area contributed by atoms with Gasteiger partial charge in [0.2, 0.25) is 16.9 Å². The van der Waals surface area contributed by atoms with E-state index in [0.29, 0.717) is 44.0 Å². The van der Waals surface area contributed by atoms with Crippen molar-refractivity contribution in [1.29, 1.82) is 0 Å². The Morgan fingerprint density at radius 1 is 1.12 bits per heavy atom. The van der Waals surface area contributed by atoms with Crippen molar-refractivity contribution < 1.29 is 28.6 Å². The molecule has 1 saturated carbocycles. The number of amides is 2. The molecule has 1 aliphatic carbocycles. The second-order valence-electron chi connectivity index (χ2n) is 11.2. The van der Waals surface area contributed by atoms with Gasteiger partial charge < -0.3 is 9.84 Å². The Morgan fingerprint density at radius 3 is 2.52 bits per heavy atom. The summed E-state index contributed by atoms with van der Waals surface area (Å²) in [5.41, 5.74) is 2.19. The average molecular weight is 593 g/mol. The first-order chi connectivity index (χ1) is 20.4. The van der Waals surface area contributed by atoms with E-state index in [-0.39, 0.29) is 41.0 Å². The third-order valence-corrected chi connectivity index (χ3v) is 9.09. The minimum absolute atomic E-state index is 0.0563. The SMILES string of the molecule is O=C(O)CC(CC1CCOCC1)C(=O)N(c1nc(-c2ccccc2-c2ccc(N3CCCC3=O)nc2)c(F)s1)C1CC1. The molecule has 3 aromatic rings. The number of hydrogen-bond acceptors (Lipinski definition) is 7. The smallest absolute Gasteiger partial charge is 0.304 e. The molecule has 2 aliphatic heterocycles. The van der Waals surface area contributed by atoms with Gasteiger partial charge in [-0.2, -0.15) is 4.39 Å². The number of aliphatic carboxylic acids is 1. The molecule has 42 heavy (non-hydrogen) atoms. The third-order valence-electron chi connectivity index (χ3n) is 8.25. The summed E-state index contributed by atoms with van der Waals surface area (Å²) in [6.07, 6.45) is 6.34. The molecule has 220 valence electrons. The molecule has 4 heterocycles. The lowest BCUT2D eigenvalue weighted by Gasteiger charge is -2.29. The second-order valence-corrected chi connectivity index (χ2v) is 12.2. The van der Waals surface area contributed by atoms with E-state index < -0.39 is 17.0 Å². The van der Waals surface area contributed by atoms with E-state index in [4.69, 9.17) is 4.74 Å². The molecule has 2 amide bonds. The van der Waals surface area contributed by atoms with Crippen LogP contribution in [0.15, 0.2) is 42.6 Å². The monoisotopic (exact) mass is 592 g/mol. The Morgan fingerprint density at radius 2 is 1.88 bits per heavy atom. The van der Waals surface area contributed by atoms with E-state index in [2.05, 4.69) is 9.97 Å². The van der Waals surface area contributed by atoms with E-state index in [1.54, 1.807) is 28.1 Å². The highest BCUT2D eigenvalue weighted by Gasteiger charge is 2.40. The highest BCUT2D eigenvalue weighted by atomic mass is 32.1. The minimum atomic E-state index is -1.02. The zero-order valence-corrected chi connectivity index (χ0v) is 24.0. The highest BCUT2D eigenvalue weighted by Crippen LogP contribution is 2.42. The zero-order chi connectivity index (χ0) is 29.2. The maximum atomic E-state index is 15.6. The number of aromatic nitrogens is 2. The van der Waals surface area contributed by atoms with Crippen molar-refractivity contribution in [2.24, 2.45) is 11.8 Å². The molecule has 0 radical (unpaired) electrons. The average Bonchev–Trinajstić information content (AvgIpc) is 3.62. The van der Waals surface area contributed by atoms with Gasteiger partial charge >= 0.3 is 5.97 Å². The van der Waals surface area contributed by atoms with Gasteiger partial charge in [0, 0.05) is 55.5 Å². The quantitative estimate of drug-likeness (QED) is 0.329.